The number of nitrogens with zero attached hydrogens (tertiary/aromatic N) is 1. The zero-order chi connectivity index (χ0) is 18.6. The average molecular weight is 421 g/mol. The van der Waals surface area contributed by atoms with E-state index < -0.39 is 0 Å². The van der Waals surface area contributed by atoms with Crippen LogP contribution >= 0.6 is 34.7 Å². The first kappa shape index (κ1) is 18.8. The zero-order valence-corrected chi connectivity index (χ0v) is 17.3. The van der Waals surface area contributed by atoms with Gasteiger partial charge in [0.2, 0.25) is 0 Å². The molecule has 4 nitrogen and oxygen atoms in total. The average Bonchev–Trinajstić information content (AvgIpc) is 3.05. The lowest BCUT2D eigenvalue weighted by Crippen LogP contribution is -2.11. The summed E-state index contributed by atoms with van der Waals surface area (Å²) in [5, 5.41) is 2.27. The van der Waals surface area contributed by atoms with E-state index in [1.807, 2.05) is 24.3 Å². The lowest BCUT2D eigenvalue weighted by Gasteiger charge is -2.09. The Labute approximate surface area is 171 Å². The molecule has 0 aliphatic heterocycles. The van der Waals surface area contributed by atoms with Crippen LogP contribution in [-0.4, -0.2) is 22.3 Å². The Morgan fingerprint density at radius 1 is 1.19 bits per heavy atom. The molecule has 142 valence electrons. The monoisotopic (exact) mass is 420 g/mol. The number of thioether (sulfide) groups is 1. The van der Waals surface area contributed by atoms with Gasteiger partial charge >= 0.3 is 0 Å². The van der Waals surface area contributed by atoms with Crippen molar-refractivity contribution < 1.29 is 4.74 Å². The third-order valence-corrected chi connectivity index (χ3v) is 7.06. The van der Waals surface area contributed by atoms with Crippen LogP contribution in [-0.2, 0) is 12.8 Å². The van der Waals surface area contributed by atoms with Gasteiger partial charge in [-0.25, -0.2) is 4.98 Å². The van der Waals surface area contributed by atoms with E-state index in [0.717, 1.165) is 52.6 Å². The molecule has 1 N–H and O–H groups in total. The molecule has 3 aromatic rings. The molecule has 2 aromatic heterocycles. The van der Waals surface area contributed by atoms with E-state index in [-0.39, 0.29) is 5.56 Å². The SMILES string of the molecule is O=c1[nH]c(SCCCCOc2ccc(Cl)cc2)nc2sc3c(c12)CCCC3. The number of ether oxygens (including phenoxy) is 1. The fraction of sp³-hybridized carbons (Fsp3) is 0.400. The quantitative estimate of drug-likeness (QED) is 0.313. The number of hydrogen-bond acceptors (Lipinski definition) is 5. The van der Waals surface area contributed by atoms with Gasteiger partial charge in [-0.2, -0.15) is 0 Å². The van der Waals surface area contributed by atoms with E-state index in [0.29, 0.717) is 11.6 Å². The van der Waals surface area contributed by atoms with E-state index in [1.54, 1.807) is 23.1 Å². The third kappa shape index (κ3) is 4.50. The second kappa shape index (κ2) is 8.67. The van der Waals surface area contributed by atoms with Crippen molar-refractivity contribution in [3.05, 3.63) is 50.1 Å². The van der Waals surface area contributed by atoms with Gasteiger partial charge in [-0.05, 0) is 68.4 Å². The molecule has 0 saturated heterocycles. The maximum Gasteiger partial charge on any atom is 0.260 e. The van der Waals surface area contributed by atoms with Gasteiger partial charge in [-0.3, -0.25) is 4.79 Å². The zero-order valence-electron chi connectivity index (χ0n) is 14.9. The molecule has 0 bridgehead atoms. The molecule has 7 heteroatoms. The summed E-state index contributed by atoms with van der Waals surface area (Å²) in [6, 6.07) is 7.41. The molecule has 4 rings (SSSR count). The van der Waals surface area contributed by atoms with Crippen LogP contribution in [0.2, 0.25) is 5.02 Å². The normalized spacial score (nSPS) is 13.7. The predicted octanol–water partition coefficient (Wildman–Crippen LogP) is 5.47. The number of fused-ring (bicyclic) bond motifs is 3. The first-order valence-electron chi connectivity index (χ1n) is 9.26. The number of rotatable bonds is 7. The van der Waals surface area contributed by atoms with E-state index >= 15 is 0 Å². The Kier molecular flexibility index (Phi) is 6.05. The van der Waals surface area contributed by atoms with Gasteiger partial charge < -0.3 is 9.72 Å². The summed E-state index contributed by atoms with van der Waals surface area (Å²) in [6.07, 6.45) is 6.45. The molecule has 27 heavy (non-hydrogen) atoms. The maximum absolute atomic E-state index is 12.5. The van der Waals surface area contributed by atoms with Crippen LogP contribution in [0.25, 0.3) is 10.2 Å². The summed E-state index contributed by atoms with van der Waals surface area (Å²) in [4.78, 5) is 22.4. The van der Waals surface area contributed by atoms with Gasteiger partial charge in [0.15, 0.2) is 5.16 Å². The Bertz CT molecular complexity index is 982. The van der Waals surface area contributed by atoms with Crippen LogP contribution in [0.1, 0.15) is 36.1 Å². The van der Waals surface area contributed by atoms with Crippen LogP contribution in [0.15, 0.2) is 34.2 Å². The largest absolute Gasteiger partial charge is 0.494 e. The molecule has 1 aromatic carbocycles. The van der Waals surface area contributed by atoms with Crippen molar-refractivity contribution in [1.82, 2.24) is 9.97 Å². The molecule has 0 amide bonds. The number of hydrogen-bond donors (Lipinski definition) is 1. The van der Waals surface area contributed by atoms with Crippen molar-refractivity contribution in [2.45, 2.75) is 43.7 Å². The van der Waals surface area contributed by atoms with Gasteiger partial charge in [0.05, 0.1) is 12.0 Å². The Hall–Kier alpha value is -1.50. The summed E-state index contributed by atoms with van der Waals surface area (Å²) in [7, 11) is 0. The number of halogens is 1. The Morgan fingerprint density at radius 2 is 2.00 bits per heavy atom. The summed E-state index contributed by atoms with van der Waals surface area (Å²) >= 11 is 9.17. The van der Waals surface area contributed by atoms with Crippen LogP contribution in [0.4, 0.5) is 0 Å². The van der Waals surface area contributed by atoms with Crippen molar-refractivity contribution in [2.24, 2.45) is 0 Å². The van der Waals surface area contributed by atoms with Crippen molar-refractivity contribution in [1.29, 1.82) is 0 Å². The molecular formula is C20H21ClN2O2S2. The second-order valence-corrected chi connectivity index (χ2v) is 9.22. The van der Waals surface area contributed by atoms with Crippen LogP contribution in [0.5, 0.6) is 5.75 Å². The standard InChI is InChI=1S/C20H21ClN2O2S2/c21-13-7-9-14(10-8-13)25-11-3-4-12-26-20-22-18(24)17-15-5-1-2-6-16(15)27-19(17)23-20/h7-10H,1-6,11-12H2,(H,22,23,24). The number of aromatic nitrogens is 2. The van der Waals surface area contributed by atoms with Gasteiger partial charge in [0.25, 0.3) is 5.56 Å². The van der Waals surface area contributed by atoms with E-state index in [1.165, 1.54) is 23.3 Å². The number of nitrogens with one attached hydrogen (secondary N) is 1. The van der Waals surface area contributed by atoms with E-state index in [4.69, 9.17) is 21.3 Å². The molecule has 0 fully saturated rings. The Balaban J connectivity index is 1.29. The summed E-state index contributed by atoms with van der Waals surface area (Å²) in [6.45, 7) is 0.669. The fourth-order valence-electron chi connectivity index (χ4n) is 3.31. The predicted molar refractivity (Wildman–Crippen MR) is 114 cm³/mol. The fourth-order valence-corrected chi connectivity index (χ4v) is 5.61. The number of thiophene rings is 1. The smallest absolute Gasteiger partial charge is 0.260 e. The molecule has 0 radical (unpaired) electrons. The molecule has 0 saturated carbocycles. The van der Waals surface area contributed by atoms with Crippen molar-refractivity contribution in [3.63, 3.8) is 0 Å². The van der Waals surface area contributed by atoms with Gasteiger partial charge in [-0.15, -0.1) is 11.3 Å². The summed E-state index contributed by atoms with van der Waals surface area (Å²) in [5.41, 5.74) is 1.26. The van der Waals surface area contributed by atoms with Gasteiger partial charge in [0, 0.05) is 15.7 Å². The third-order valence-electron chi connectivity index (χ3n) is 4.66. The number of H-pyrrole nitrogens is 1. The van der Waals surface area contributed by atoms with Crippen LogP contribution < -0.4 is 10.3 Å². The maximum atomic E-state index is 12.5. The summed E-state index contributed by atoms with van der Waals surface area (Å²) < 4.78 is 5.70. The number of aryl methyl sites for hydroxylation is 2. The summed E-state index contributed by atoms with van der Waals surface area (Å²) in [5.74, 6) is 1.74. The van der Waals surface area contributed by atoms with Crippen molar-refractivity contribution >= 4 is 44.9 Å². The molecule has 1 aliphatic rings. The highest BCUT2D eigenvalue weighted by atomic mass is 35.5. The molecule has 0 unspecified atom stereocenters. The van der Waals surface area contributed by atoms with Crippen LogP contribution in [0.3, 0.4) is 0 Å². The highest BCUT2D eigenvalue weighted by Gasteiger charge is 2.19. The topological polar surface area (TPSA) is 55.0 Å². The molecular weight excluding hydrogens is 400 g/mol. The minimum atomic E-state index is 0.0213. The van der Waals surface area contributed by atoms with Gasteiger partial charge in [0.1, 0.15) is 10.6 Å². The highest BCUT2D eigenvalue weighted by Crippen LogP contribution is 2.34. The van der Waals surface area contributed by atoms with Crippen molar-refractivity contribution in [3.8, 4) is 5.75 Å². The molecule has 1 aliphatic carbocycles. The lowest BCUT2D eigenvalue weighted by molar-refractivity contribution is 0.310. The Morgan fingerprint density at radius 3 is 2.85 bits per heavy atom. The molecule has 2 heterocycles. The number of benzene rings is 1. The van der Waals surface area contributed by atoms with E-state index in [2.05, 4.69) is 4.98 Å². The van der Waals surface area contributed by atoms with E-state index in [9.17, 15) is 4.79 Å². The first-order chi connectivity index (χ1) is 13.2. The second-order valence-electron chi connectivity index (χ2n) is 6.62. The highest BCUT2D eigenvalue weighted by molar-refractivity contribution is 7.99. The number of unbranched alkanes of at least 4 members (excludes halogenated alkanes) is 1. The molecule has 0 spiro atoms. The first-order valence-corrected chi connectivity index (χ1v) is 11.4. The van der Waals surface area contributed by atoms with Crippen LogP contribution in [0, 0.1) is 0 Å². The number of aromatic amines is 1. The lowest BCUT2D eigenvalue weighted by atomic mass is 9.97. The van der Waals surface area contributed by atoms with Gasteiger partial charge in [-0.1, -0.05) is 23.4 Å². The van der Waals surface area contributed by atoms with Crippen molar-refractivity contribution in [2.75, 3.05) is 12.4 Å². The molecule has 0 atom stereocenters. The minimum absolute atomic E-state index is 0.0213. The minimum Gasteiger partial charge on any atom is -0.494 e.